The Morgan fingerprint density at radius 1 is 1.35 bits per heavy atom. The van der Waals surface area contributed by atoms with E-state index in [4.69, 9.17) is 0 Å². The van der Waals surface area contributed by atoms with Crippen LogP contribution in [0.2, 0.25) is 0 Å². The zero-order valence-electron chi connectivity index (χ0n) is 13.2. The zero-order valence-corrected chi connectivity index (χ0v) is 13.2. The first kappa shape index (κ1) is 16.8. The molecule has 0 aromatic rings. The molecule has 0 bridgehead atoms. The van der Waals surface area contributed by atoms with Gasteiger partial charge in [-0.25, -0.2) is 9.59 Å². The number of carboxylic acids is 1. The van der Waals surface area contributed by atoms with E-state index in [1.807, 2.05) is 21.0 Å². The highest BCUT2D eigenvalue weighted by Crippen LogP contribution is 2.20. The van der Waals surface area contributed by atoms with Crippen LogP contribution in [0.3, 0.4) is 0 Å². The molecule has 0 spiro atoms. The van der Waals surface area contributed by atoms with Gasteiger partial charge in [0.15, 0.2) is 0 Å². The van der Waals surface area contributed by atoms with Gasteiger partial charge in [0.2, 0.25) is 0 Å². The fourth-order valence-electron chi connectivity index (χ4n) is 2.61. The number of hydrogen-bond acceptors (Lipinski definition) is 3. The van der Waals surface area contributed by atoms with Gasteiger partial charge in [-0.3, -0.25) is 0 Å². The highest BCUT2D eigenvalue weighted by Gasteiger charge is 2.39. The Kier molecular flexibility index (Phi) is 5.39. The molecule has 1 aliphatic heterocycles. The molecule has 0 aromatic heterocycles. The van der Waals surface area contributed by atoms with Crippen molar-refractivity contribution in [2.45, 2.75) is 45.2 Å². The normalized spacial score (nSPS) is 20.1. The smallest absolute Gasteiger partial charge is 0.329 e. The molecule has 1 rings (SSSR count). The minimum atomic E-state index is -1.18. The first-order valence-corrected chi connectivity index (χ1v) is 7.18. The van der Waals surface area contributed by atoms with E-state index in [0.717, 1.165) is 12.8 Å². The van der Waals surface area contributed by atoms with Gasteiger partial charge in [-0.1, -0.05) is 0 Å². The van der Waals surface area contributed by atoms with Crippen molar-refractivity contribution in [3.05, 3.63) is 0 Å². The van der Waals surface area contributed by atoms with E-state index in [1.54, 1.807) is 18.7 Å². The fourth-order valence-corrected chi connectivity index (χ4v) is 2.61. The summed E-state index contributed by atoms with van der Waals surface area (Å²) in [5, 5.41) is 9.31. The maximum atomic E-state index is 12.6. The molecule has 20 heavy (non-hydrogen) atoms. The molecule has 0 aliphatic carbocycles. The van der Waals surface area contributed by atoms with Gasteiger partial charge in [0.25, 0.3) is 0 Å². The molecule has 1 atom stereocenters. The topological polar surface area (TPSA) is 64.1 Å². The van der Waals surface area contributed by atoms with E-state index in [-0.39, 0.29) is 6.03 Å². The number of likely N-dealkylation sites (N-methyl/N-ethyl adjacent to an activating group) is 2. The molecule has 1 saturated heterocycles. The van der Waals surface area contributed by atoms with Crippen LogP contribution in [0.1, 0.15) is 33.6 Å². The van der Waals surface area contributed by atoms with Crippen molar-refractivity contribution in [1.29, 1.82) is 0 Å². The van der Waals surface area contributed by atoms with E-state index in [1.165, 1.54) is 4.90 Å². The summed E-state index contributed by atoms with van der Waals surface area (Å²) in [6.07, 6.45) is 2.03. The van der Waals surface area contributed by atoms with Crippen LogP contribution in [0.4, 0.5) is 4.79 Å². The summed E-state index contributed by atoms with van der Waals surface area (Å²) < 4.78 is 0. The fraction of sp³-hybridized carbons (Fsp3) is 0.857. The van der Waals surface area contributed by atoms with Gasteiger partial charge < -0.3 is 19.8 Å². The standard InChI is InChI=1S/C14H27N3O3/c1-6-17(14(2,3)12(18)19)13(20)16-9-7-8-11(10-16)15(4)5/h11H,6-10H2,1-5H3,(H,18,19). The van der Waals surface area contributed by atoms with Gasteiger partial charge in [0, 0.05) is 25.7 Å². The number of carboxylic acid groups (broad SMARTS) is 1. The summed E-state index contributed by atoms with van der Waals surface area (Å²) >= 11 is 0. The van der Waals surface area contributed by atoms with E-state index in [2.05, 4.69) is 4.90 Å². The monoisotopic (exact) mass is 285 g/mol. The maximum absolute atomic E-state index is 12.6. The second-order valence-electron chi connectivity index (χ2n) is 6.10. The molecule has 1 fully saturated rings. The van der Waals surface area contributed by atoms with Crippen molar-refractivity contribution in [3.8, 4) is 0 Å². The summed E-state index contributed by atoms with van der Waals surface area (Å²) in [5.74, 6) is -0.978. The van der Waals surface area contributed by atoms with Crippen LogP contribution in [0.15, 0.2) is 0 Å². The minimum Gasteiger partial charge on any atom is -0.480 e. The Morgan fingerprint density at radius 3 is 2.40 bits per heavy atom. The first-order chi connectivity index (χ1) is 9.21. The van der Waals surface area contributed by atoms with Crippen LogP contribution < -0.4 is 0 Å². The second kappa shape index (κ2) is 6.43. The molecule has 1 unspecified atom stereocenters. The molecule has 0 aromatic carbocycles. The Morgan fingerprint density at radius 2 is 1.95 bits per heavy atom. The molecule has 1 N–H and O–H groups in total. The third kappa shape index (κ3) is 3.42. The number of urea groups is 1. The zero-order chi connectivity index (χ0) is 15.5. The molecule has 116 valence electrons. The molecule has 6 heteroatoms. The Labute approximate surface area is 121 Å². The number of amides is 2. The van der Waals surface area contributed by atoms with E-state index in [9.17, 15) is 14.7 Å². The number of rotatable bonds is 4. The van der Waals surface area contributed by atoms with Crippen LogP contribution >= 0.6 is 0 Å². The largest absolute Gasteiger partial charge is 0.480 e. The minimum absolute atomic E-state index is 0.175. The molecule has 1 aliphatic rings. The van der Waals surface area contributed by atoms with Crippen molar-refractivity contribution in [2.75, 3.05) is 33.7 Å². The van der Waals surface area contributed by atoms with Crippen molar-refractivity contribution < 1.29 is 14.7 Å². The van der Waals surface area contributed by atoms with Crippen molar-refractivity contribution in [3.63, 3.8) is 0 Å². The lowest BCUT2D eigenvalue weighted by molar-refractivity contribution is -0.147. The Hall–Kier alpha value is -1.30. The number of hydrogen-bond donors (Lipinski definition) is 1. The predicted octanol–water partition coefficient (Wildman–Crippen LogP) is 1.32. The van der Waals surface area contributed by atoms with Gasteiger partial charge in [-0.2, -0.15) is 0 Å². The van der Waals surface area contributed by atoms with E-state index in [0.29, 0.717) is 25.7 Å². The first-order valence-electron chi connectivity index (χ1n) is 7.18. The molecule has 1 heterocycles. The van der Waals surface area contributed by atoms with Crippen LogP contribution in [0.25, 0.3) is 0 Å². The lowest BCUT2D eigenvalue weighted by Crippen LogP contribution is -2.59. The summed E-state index contributed by atoms with van der Waals surface area (Å²) in [6.45, 7) is 6.72. The SMILES string of the molecule is CCN(C(=O)N1CCCC(N(C)C)C1)C(C)(C)C(=O)O. The van der Waals surface area contributed by atoms with Gasteiger partial charge in [0.1, 0.15) is 5.54 Å². The van der Waals surface area contributed by atoms with Gasteiger partial charge in [0.05, 0.1) is 0 Å². The van der Waals surface area contributed by atoms with Crippen LogP contribution in [0.5, 0.6) is 0 Å². The molecule has 2 amide bonds. The molecular formula is C14H27N3O3. The number of carbonyl (C=O) groups is 2. The second-order valence-corrected chi connectivity index (χ2v) is 6.10. The molecule has 0 saturated carbocycles. The van der Waals surface area contributed by atoms with Gasteiger partial charge in [-0.15, -0.1) is 0 Å². The lowest BCUT2D eigenvalue weighted by Gasteiger charge is -2.42. The average molecular weight is 285 g/mol. The van der Waals surface area contributed by atoms with E-state index >= 15 is 0 Å². The number of likely N-dealkylation sites (tertiary alicyclic amines) is 1. The molecular weight excluding hydrogens is 258 g/mol. The van der Waals surface area contributed by atoms with Crippen molar-refractivity contribution in [1.82, 2.24) is 14.7 Å². The summed E-state index contributed by atoms with van der Waals surface area (Å²) in [6, 6.07) is 0.172. The molecule has 6 nitrogen and oxygen atoms in total. The van der Waals surface area contributed by atoms with Gasteiger partial charge >= 0.3 is 12.0 Å². The predicted molar refractivity (Wildman–Crippen MR) is 77.8 cm³/mol. The average Bonchev–Trinajstić information content (AvgIpc) is 2.39. The number of piperidine rings is 1. The summed E-state index contributed by atoms with van der Waals surface area (Å²) in [7, 11) is 4.02. The highest BCUT2D eigenvalue weighted by atomic mass is 16.4. The van der Waals surface area contributed by atoms with Gasteiger partial charge in [-0.05, 0) is 47.7 Å². The molecule has 0 radical (unpaired) electrons. The van der Waals surface area contributed by atoms with E-state index < -0.39 is 11.5 Å². The highest BCUT2D eigenvalue weighted by molar-refractivity contribution is 5.85. The Bertz CT molecular complexity index is 369. The van der Waals surface area contributed by atoms with Crippen molar-refractivity contribution >= 4 is 12.0 Å². The third-order valence-corrected chi connectivity index (χ3v) is 4.14. The summed E-state index contributed by atoms with van der Waals surface area (Å²) in [5.41, 5.74) is -1.18. The quantitative estimate of drug-likeness (QED) is 0.846. The maximum Gasteiger partial charge on any atom is 0.329 e. The van der Waals surface area contributed by atoms with Crippen LogP contribution in [-0.2, 0) is 4.79 Å². The number of nitrogens with zero attached hydrogens (tertiary/aromatic N) is 3. The number of carbonyl (C=O) groups excluding carboxylic acids is 1. The van der Waals surface area contributed by atoms with Crippen LogP contribution in [-0.4, -0.2) is 77.1 Å². The third-order valence-electron chi connectivity index (χ3n) is 4.14. The summed E-state index contributed by atoms with van der Waals surface area (Å²) in [4.78, 5) is 29.3. The van der Waals surface area contributed by atoms with Crippen LogP contribution in [0, 0.1) is 0 Å². The lowest BCUT2D eigenvalue weighted by atomic mass is 10.0. The Balaban J connectivity index is 2.84. The number of aliphatic carboxylic acids is 1. The van der Waals surface area contributed by atoms with Crippen molar-refractivity contribution in [2.24, 2.45) is 0 Å².